The lowest BCUT2D eigenvalue weighted by molar-refractivity contribution is -0.121. The first-order valence-corrected chi connectivity index (χ1v) is 10.2. The Morgan fingerprint density at radius 2 is 1.81 bits per heavy atom. The van der Waals surface area contributed by atoms with E-state index in [2.05, 4.69) is 22.6 Å². The van der Waals surface area contributed by atoms with Gasteiger partial charge in [0.15, 0.2) is 11.5 Å². The molecule has 0 saturated carbocycles. The fourth-order valence-corrected chi connectivity index (χ4v) is 3.63. The third-order valence-corrected chi connectivity index (χ3v) is 5.54. The highest BCUT2D eigenvalue weighted by molar-refractivity contribution is 14.1. The van der Waals surface area contributed by atoms with Gasteiger partial charge in [-0.2, -0.15) is 0 Å². The lowest BCUT2D eigenvalue weighted by atomic mass is 10.1. The normalized spacial score (nSPS) is 15.5. The van der Waals surface area contributed by atoms with Crippen LogP contribution in [0.25, 0.3) is 6.08 Å². The Balaban J connectivity index is 1.79. The Hall–Kier alpha value is -2.00. The van der Waals surface area contributed by atoms with Gasteiger partial charge in [0, 0.05) is 10.6 Å². The molecule has 27 heavy (non-hydrogen) atoms. The van der Waals surface area contributed by atoms with E-state index < -0.39 is 0 Å². The Labute approximate surface area is 175 Å². The fraction of sp³-hybridized carbons (Fsp3) is 0.200. The number of nitrogens with zero attached hydrogens (tertiary/aromatic N) is 1. The van der Waals surface area contributed by atoms with Gasteiger partial charge in [0.05, 0.1) is 11.5 Å². The highest BCUT2D eigenvalue weighted by Crippen LogP contribution is 2.34. The van der Waals surface area contributed by atoms with Crippen molar-refractivity contribution in [3.05, 3.63) is 62.1 Å². The summed E-state index contributed by atoms with van der Waals surface area (Å²) in [6, 6.07) is 13.6. The minimum Gasteiger partial charge on any atom is -0.490 e. The number of thioether (sulfide) groups is 1. The molecular formula is C20H18INO4S. The van der Waals surface area contributed by atoms with E-state index in [4.69, 9.17) is 9.47 Å². The van der Waals surface area contributed by atoms with Crippen LogP contribution in [0.4, 0.5) is 4.79 Å². The van der Waals surface area contributed by atoms with Crippen LogP contribution in [0.3, 0.4) is 0 Å². The van der Waals surface area contributed by atoms with E-state index in [0.717, 1.165) is 27.8 Å². The lowest BCUT2D eigenvalue weighted by Crippen LogP contribution is -2.22. The molecule has 5 nitrogen and oxygen atoms in total. The van der Waals surface area contributed by atoms with E-state index in [9.17, 15) is 9.59 Å². The molecule has 0 atom stereocenters. The molecule has 0 aromatic heterocycles. The van der Waals surface area contributed by atoms with Crippen molar-refractivity contribution in [1.29, 1.82) is 0 Å². The first-order chi connectivity index (χ1) is 13.0. The zero-order valence-electron chi connectivity index (χ0n) is 14.9. The largest absolute Gasteiger partial charge is 0.490 e. The van der Waals surface area contributed by atoms with Gasteiger partial charge in [-0.25, -0.2) is 0 Å². The summed E-state index contributed by atoms with van der Waals surface area (Å²) in [6.07, 6.45) is 1.69. The summed E-state index contributed by atoms with van der Waals surface area (Å²) >= 11 is 3.20. The zero-order chi connectivity index (χ0) is 19.4. The number of imide groups is 1. The second-order valence-electron chi connectivity index (χ2n) is 5.80. The van der Waals surface area contributed by atoms with E-state index in [1.807, 2.05) is 49.4 Å². The molecule has 0 radical (unpaired) electrons. The highest BCUT2D eigenvalue weighted by Gasteiger charge is 2.31. The van der Waals surface area contributed by atoms with Crippen LogP contribution in [0.15, 0.2) is 47.4 Å². The van der Waals surface area contributed by atoms with Crippen molar-refractivity contribution in [2.45, 2.75) is 13.5 Å². The van der Waals surface area contributed by atoms with Gasteiger partial charge in [-0.3, -0.25) is 14.5 Å². The number of likely N-dealkylation sites (N-methyl/N-ethyl adjacent to an activating group) is 1. The molecule has 2 amide bonds. The van der Waals surface area contributed by atoms with Crippen molar-refractivity contribution < 1.29 is 19.1 Å². The standard InChI is InChI=1S/C20H18INO4S/c1-3-25-17-10-14(11-18-19(23)22(2)20(24)27-18)6-9-16(17)26-12-13-4-7-15(21)8-5-13/h4-11H,3,12H2,1-2H3/b18-11-. The zero-order valence-corrected chi connectivity index (χ0v) is 17.9. The summed E-state index contributed by atoms with van der Waals surface area (Å²) in [4.78, 5) is 25.2. The van der Waals surface area contributed by atoms with Crippen LogP contribution < -0.4 is 9.47 Å². The van der Waals surface area contributed by atoms with E-state index >= 15 is 0 Å². The third kappa shape index (κ3) is 4.84. The van der Waals surface area contributed by atoms with Crippen LogP contribution in [0.5, 0.6) is 11.5 Å². The molecule has 0 N–H and O–H groups in total. The Morgan fingerprint density at radius 1 is 1.07 bits per heavy atom. The minimum absolute atomic E-state index is 0.270. The summed E-state index contributed by atoms with van der Waals surface area (Å²) in [7, 11) is 1.48. The van der Waals surface area contributed by atoms with Crippen molar-refractivity contribution in [3.8, 4) is 11.5 Å². The molecule has 0 bridgehead atoms. The smallest absolute Gasteiger partial charge is 0.293 e. The van der Waals surface area contributed by atoms with E-state index in [0.29, 0.717) is 29.6 Å². The number of carbonyl (C=O) groups excluding carboxylic acids is 2. The second kappa shape index (κ2) is 8.79. The molecule has 1 fully saturated rings. The first kappa shape index (κ1) is 19.8. The summed E-state index contributed by atoms with van der Waals surface area (Å²) in [5, 5.41) is -0.270. The van der Waals surface area contributed by atoms with Crippen LogP contribution >= 0.6 is 34.4 Å². The molecule has 2 aromatic rings. The van der Waals surface area contributed by atoms with Crippen LogP contribution in [-0.4, -0.2) is 29.7 Å². The minimum atomic E-state index is -0.290. The van der Waals surface area contributed by atoms with Crippen LogP contribution in [0, 0.1) is 3.57 Å². The summed E-state index contributed by atoms with van der Waals surface area (Å²) in [5.74, 6) is 0.950. The lowest BCUT2D eigenvalue weighted by Gasteiger charge is -2.13. The predicted octanol–water partition coefficient (Wildman–Crippen LogP) is 4.94. The van der Waals surface area contributed by atoms with Crippen LogP contribution in [0.2, 0.25) is 0 Å². The second-order valence-corrected chi connectivity index (χ2v) is 8.03. The van der Waals surface area contributed by atoms with Gasteiger partial charge < -0.3 is 9.47 Å². The van der Waals surface area contributed by atoms with Gasteiger partial charge in [0.2, 0.25) is 0 Å². The molecule has 1 aliphatic rings. The highest BCUT2D eigenvalue weighted by atomic mass is 127. The maximum atomic E-state index is 12.0. The molecule has 7 heteroatoms. The van der Waals surface area contributed by atoms with Crippen LogP contribution in [-0.2, 0) is 11.4 Å². The van der Waals surface area contributed by atoms with Gasteiger partial charge in [0.1, 0.15) is 6.61 Å². The average Bonchev–Trinajstić information content (AvgIpc) is 2.89. The number of hydrogen-bond donors (Lipinski definition) is 0. The quantitative estimate of drug-likeness (QED) is 0.420. The Kier molecular flexibility index (Phi) is 6.43. The topological polar surface area (TPSA) is 55.8 Å². The number of benzene rings is 2. The van der Waals surface area contributed by atoms with Gasteiger partial charge >= 0.3 is 0 Å². The van der Waals surface area contributed by atoms with E-state index in [1.54, 1.807) is 6.08 Å². The predicted molar refractivity (Wildman–Crippen MR) is 115 cm³/mol. The number of rotatable bonds is 6. The van der Waals surface area contributed by atoms with Gasteiger partial charge in [-0.1, -0.05) is 18.2 Å². The summed E-state index contributed by atoms with van der Waals surface area (Å²) in [5.41, 5.74) is 1.84. The molecule has 0 spiro atoms. The SMILES string of the molecule is CCOc1cc(/C=C2\SC(=O)N(C)C2=O)ccc1OCc1ccc(I)cc1. The van der Waals surface area contributed by atoms with Crippen molar-refractivity contribution in [3.63, 3.8) is 0 Å². The molecule has 3 rings (SSSR count). The molecule has 140 valence electrons. The average molecular weight is 495 g/mol. The van der Waals surface area contributed by atoms with Crippen molar-refractivity contribution in [1.82, 2.24) is 4.90 Å². The monoisotopic (exact) mass is 495 g/mol. The van der Waals surface area contributed by atoms with Gasteiger partial charge in [-0.05, 0) is 82.7 Å². The Morgan fingerprint density at radius 3 is 2.44 bits per heavy atom. The molecule has 1 heterocycles. The molecule has 1 aliphatic heterocycles. The van der Waals surface area contributed by atoms with Crippen molar-refractivity contribution in [2.75, 3.05) is 13.7 Å². The molecule has 1 saturated heterocycles. The van der Waals surface area contributed by atoms with Crippen LogP contribution in [0.1, 0.15) is 18.1 Å². The van der Waals surface area contributed by atoms with Crippen molar-refractivity contribution >= 4 is 51.6 Å². The summed E-state index contributed by atoms with van der Waals surface area (Å²) < 4.78 is 12.8. The number of carbonyl (C=O) groups is 2. The number of hydrogen-bond acceptors (Lipinski definition) is 5. The Bertz CT molecular complexity index is 895. The maximum Gasteiger partial charge on any atom is 0.293 e. The van der Waals surface area contributed by atoms with Gasteiger partial charge in [0.25, 0.3) is 11.1 Å². The summed E-state index contributed by atoms with van der Waals surface area (Å²) in [6.45, 7) is 2.83. The van der Waals surface area contributed by atoms with E-state index in [1.165, 1.54) is 10.6 Å². The third-order valence-electron chi connectivity index (χ3n) is 3.86. The first-order valence-electron chi connectivity index (χ1n) is 8.33. The van der Waals surface area contributed by atoms with Gasteiger partial charge in [-0.15, -0.1) is 0 Å². The number of ether oxygens (including phenoxy) is 2. The molecular weight excluding hydrogens is 477 g/mol. The van der Waals surface area contributed by atoms with Crippen molar-refractivity contribution in [2.24, 2.45) is 0 Å². The van der Waals surface area contributed by atoms with E-state index in [-0.39, 0.29) is 11.1 Å². The molecule has 0 unspecified atom stereocenters. The number of halogens is 1. The fourth-order valence-electron chi connectivity index (χ4n) is 2.44. The number of amides is 2. The molecule has 0 aliphatic carbocycles. The maximum absolute atomic E-state index is 12.0. The molecule has 2 aromatic carbocycles.